The van der Waals surface area contributed by atoms with Gasteiger partial charge < -0.3 is 4.74 Å². The smallest absolute Gasteiger partial charge is 0.293 e. The summed E-state index contributed by atoms with van der Waals surface area (Å²) >= 11 is 0.977. The fourth-order valence-electron chi connectivity index (χ4n) is 1.89. The van der Waals surface area contributed by atoms with Crippen molar-refractivity contribution in [1.29, 1.82) is 0 Å². The SMILES string of the molecule is C=CCOc1ccc(/C=C2\SC(=O)N(C(C)C)C2=O)cc1. The molecule has 1 heterocycles. The van der Waals surface area contributed by atoms with Crippen molar-refractivity contribution < 1.29 is 14.3 Å². The van der Waals surface area contributed by atoms with Crippen LogP contribution in [-0.4, -0.2) is 28.7 Å². The molecule has 0 unspecified atom stereocenters. The van der Waals surface area contributed by atoms with Crippen molar-refractivity contribution in [1.82, 2.24) is 4.90 Å². The van der Waals surface area contributed by atoms with Gasteiger partial charge in [0.05, 0.1) is 4.91 Å². The highest BCUT2D eigenvalue weighted by atomic mass is 32.2. The van der Waals surface area contributed by atoms with Crippen LogP contribution in [0.2, 0.25) is 0 Å². The van der Waals surface area contributed by atoms with Crippen molar-refractivity contribution >= 4 is 29.0 Å². The molecular formula is C16H17NO3S. The van der Waals surface area contributed by atoms with Gasteiger partial charge in [0.15, 0.2) is 0 Å². The molecule has 0 saturated carbocycles. The normalized spacial score (nSPS) is 16.9. The molecule has 0 aromatic heterocycles. The predicted octanol–water partition coefficient (Wildman–Crippen LogP) is 3.70. The highest BCUT2D eigenvalue weighted by Gasteiger charge is 2.36. The van der Waals surface area contributed by atoms with Crippen LogP contribution in [0.3, 0.4) is 0 Å². The monoisotopic (exact) mass is 303 g/mol. The molecule has 2 rings (SSSR count). The van der Waals surface area contributed by atoms with Gasteiger partial charge in [-0.05, 0) is 49.4 Å². The first-order chi connectivity index (χ1) is 10.0. The second kappa shape index (κ2) is 6.63. The summed E-state index contributed by atoms with van der Waals surface area (Å²) in [5.41, 5.74) is 0.857. The Morgan fingerprint density at radius 1 is 1.29 bits per heavy atom. The zero-order valence-electron chi connectivity index (χ0n) is 12.0. The van der Waals surface area contributed by atoms with Crippen molar-refractivity contribution in [2.24, 2.45) is 0 Å². The number of nitrogens with zero attached hydrogens (tertiary/aromatic N) is 1. The lowest BCUT2D eigenvalue weighted by Gasteiger charge is -2.16. The van der Waals surface area contributed by atoms with Crippen LogP contribution in [0.1, 0.15) is 19.4 Å². The van der Waals surface area contributed by atoms with Gasteiger partial charge in [-0.15, -0.1) is 0 Å². The van der Waals surface area contributed by atoms with Crippen LogP contribution in [0.4, 0.5) is 4.79 Å². The summed E-state index contributed by atoms with van der Waals surface area (Å²) in [5.74, 6) is 0.509. The Morgan fingerprint density at radius 2 is 1.95 bits per heavy atom. The second-order valence-corrected chi connectivity index (χ2v) is 5.81. The Hall–Kier alpha value is -2.01. The summed E-state index contributed by atoms with van der Waals surface area (Å²) in [7, 11) is 0. The van der Waals surface area contributed by atoms with Crippen LogP contribution in [0.5, 0.6) is 5.75 Å². The number of ether oxygens (including phenoxy) is 1. The number of benzene rings is 1. The van der Waals surface area contributed by atoms with Crippen molar-refractivity contribution in [3.05, 3.63) is 47.4 Å². The molecule has 1 aromatic carbocycles. The molecule has 4 nitrogen and oxygen atoms in total. The van der Waals surface area contributed by atoms with E-state index in [1.165, 1.54) is 4.90 Å². The maximum absolute atomic E-state index is 12.2. The van der Waals surface area contributed by atoms with E-state index in [4.69, 9.17) is 4.74 Å². The summed E-state index contributed by atoms with van der Waals surface area (Å²) in [4.78, 5) is 25.7. The number of carbonyl (C=O) groups excluding carboxylic acids is 2. The Labute approximate surface area is 128 Å². The molecule has 0 spiro atoms. The molecule has 0 radical (unpaired) electrons. The van der Waals surface area contributed by atoms with E-state index in [2.05, 4.69) is 6.58 Å². The highest BCUT2D eigenvalue weighted by molar-refractivity contribution is 8.18. The number of amides is 2. The van der Waals surface area contributed by atoms with Crippen LogP contribution in [0.25, 0.3) is 6.08 Å². The molecule has 1 aromatic rings. The van der Waals surface area contributed by atoms with E-state index in [1.54, 1.807) is 12.2 Å². The number of carbonyl (C=O) groups is 2. The van der Waals surface area contributed by atoms with E-state index in [0.717, 1.165) is 23.1 Å². The zero-order valence-corrected chi connectivity index (χ0v) is 12.9. The van der Waals surface area contributed by atoms with Crippen LogP contribution in [0.15, 0.2) is 41.8 Å². The zero-order chi connectivity index (χ0) is 15.4. The fourth-order valence-corrected chi connectivity index (χ4v) is 2.85. The molecule has 5 heteroatoms. The average molecular weight is 303 g/mol. The average Bonchev–Trinajstić information content (AvgIpc) is 2.72. The van der Waals surface area contributed by atoms with Crippen LogP contribution < -0.4 is 4.74 Å². The maximum Gasteiger partial charge on any atom is 0.293 e. The summed E-state index contributed by atoms with van der Waals surface area (Å²) < 4.78 is 5.39. The molecule has 1 aliphatic heterocycles. The largest absolute Gasteiger partial charge is 0.490 e. The van der Waals surface area contributed by atoms with Gasteiger partial charge in [0.1, 0.15) is 12.4 Å². The molecule has 21 heavy (non-hydrogen) atoms. The third-order valence-corrected chi connectivity index (χ3v) is 3.77. The maximum atomic E-state index is 12.2. The standard InChI is InChI=1S/C16H17NO3S/c1-4-9-20-13-7-5-12(6-8-13)10-14-15(18)17(11(2)3)16(19)21-14/h4-8,10-11H,1,9H2,2-3H3/b14-10-. The summed E-state index contributed by atoms with van der Waals surface area (Å²) in [6, 6.07) is 7.21. The number of hydrogen-bond acceptors (Lipinski definition) is 4. The number of rotatable bonds is 5. The van der Waals surface area contributed by atoms with Gasteiger partial charge in [0.25, 0.3) is 11.1 Å². The molecular weight excluding hydrogens is 286 g/mol. The van der Waals surface area contributed by atoms with Crippen molar-refractivity contribution in [3.8, 4) is 5.75 Å². The van der Waals surface area contributed by atoms with Gasteiger partial charge in [-0.1, -0.05) is 24.8 Å². The van der Waals surface area contributed by atoms with Gasteiger partial charge >= 0.3 is 0 Å². The summed E-state index contributed by atoms with van der Waals surface area (Å²) in [6.45, 7) is 7.69. The molecule has 0 atom stereocenters. The third kappa shape index (κ3) is 3.55. The number of hydrogen-bond donors (Lipinski definition) is 0. The minimum atomic E-state index is -0.230. The molecule has 0 aliphatic carbocycles. The topological polar surface area (TPSA) is 46.6 Å². The lowest BCUT2D eigenvalue weighted by atomic mass is 10.2. The minimum absolute atomic E-state index is 0.127. The van der Waals surface area contributed by atoms with Crippen molar-refractivity contribution in [3.63, 3.8) is 0 Å². The van der Waals surface area contributed by atoms with Crippen LogP contribution in [-0.2, 0) is 4.79 Å². The Balaban J connectivity index is 2.15. The molecule has 1 saturated heterocycles. The molecule has 1 aliphatic rings. The molecule has 2 amide bonds. The van der Waals surface area contributed by atoms with Gasteiger partial charge in [0, 0.05) is 6.04 Å². The highest BCUT2D eigenvalue weighted by Crippen LogP contribution is 2.33. The quantitative estimate of drug-likeness (QED) is 0.614. The van der Waals surface area contributed by atoms with E-state index in [0.29, 0.717) is 11.5 Å². The fraction of sp³-hybridized carbons (Fsp3) is 0.250. The first kappa shape index (κ1) is 15.4. The van der Waals surface area contributed by atoms with Crippen LogP contribution >= 0.6 is 11.8 Å². The number of thioether (sulfide) groups is 1. The molecule has 110 valence electrons. The Bertz CT molecular complexity index is 590. The van der Waals surface area contributed by atoms with Gasteiger partial charge in [-0.2, -0.15) is 0 Å². The Morgan fingerprint density at radius 3 is 2.48 bits per heavy atom. The van der Waals surface area contributed by atoms with Crippen molar-refractivity contribution in [2.75, 3.05) is 6.61 Å². The lowest BCUT2D eigenvalue weighted by molar-refractivity contribution is -0.123. The van der Waals surface area contributed by atoms with Gasteiger partial charge in [0.2, 0.25) is 0 Å². The molecule has 0 bridgehead atoms. The van der Waals surface area contributed by atoms with Gasteiger partial charge in [-0.3, -0.25) is 14.5 Å². The van der Waals surface area contributed by atoms with Crippen molar-refractivity contribution in [2.45, 2.75) is 19.9 Å². The summed E-state index contributed by atoms with van der Waals surface area (Å²) in [6.07, 6.45) is 3.40. The Kier molecular flexibility index (Phi) is 4.85. The molecule has 1 fully saturated rings. The third-order valence-electron chi connectivity index (χ3n) is 2.89. The van der Waals surface area contributed by atoms with E-state index >= 15 is 0 Å². The molecule has 0 N–H and O–H groups in total. The first-order valence-electron chi connectivity index (χ1n) is 6.63. The van der Waals surface area contributed by atoms with Gasteiger partial charge in [-0.25, -0.2) is 0 Å². The van der Waals surface area contributed by atoms with E-state index in [9.17, 15) is 9.59 Å². The minimum Gasteiger partial charge on any atom is -0.490 e. The van der Waals surface area contributed by atoms with E-state index < -0.39 is 0 Å². The van der Waals surface area contributed by atoms with E-state index in [-0.39, 0.29) is 17.2 Å². The predicted molar refractivity (Wildman–Crippen MR) is 85.1 cm³/mol. The first-order valence-corrected chi connectivity index (χ1v) is 7.45. The lowest BCUT2D eigenvalue weighted by Crippen LogP contribution is -2.34. The summed E-state index contributed by atoms with van der Waals surface area (Å²) in [5, 5.41) is -0.216. The van der Waals surface area contributed by atoms with E-state index in [1.807, 2.05) is 38.1 Å². The van der Waals surface area contributed by atoms with Crippen LogP contribution in [0, 0.1) is 0 Å². The number of imide groups is 1. The second-order valence-electron chi connectivity index (χ2n) is 4.81.